The number of carboxylic acid groups (broad SMARTS) is 1. The highest BCUT2D eigenvalue weighted by Crippen LogP contribution is 2.38. The van der Waals surface area contributed by atoms with Gasteiger partial charge in [0, 0.05) is 22.0 Å². The Labute approximate surface area is 204 Å². The molecule has 9 heteroatoms. The fourth-order valence-electron chi connectivity index (χ4n) is 3.85. The zero-order valence-corrected chi connectivity index (χ0v) is 19.1. The molecule has 1 atom stereocenters. The van der Waals surface area contributed by atoms with Crippen molar-refractivity contribution < 1.29 is 23.5 Å². The topological polar surface area (TPSA) is 70.0 Å². The number of nitrogens with zero attached hydrogens (tertiary/aromatic N) is 2. The van der Waals surface area contributed by atoms with Crippen molar-refractivity contribution in [2.45, 2.75) is 24.8 Å². The zero-order chi connectivity index (χ0) is 24.5. The number of alkyl halides is 2. The lowest BCUT2D eigenvalue weighted by molar-refractivity contribution is -0.167. The van der Waals surface area contributed by atoms with Gasteiger partial charge >= 0.3 is 17.8 Å². The summed E-state index contributed by atoms with van der Waals surface area (Å²) in [6, 6.07) is 20.0. The van der Waals surface area contributed by atoms with E-state index < -0.39 is 30.3 Å². The van der Waals surface area contributed by atoms with Crippen LogP contribution < -0.4 is 0 Å². The smallest absolute Gasteiger partial charge is 0.337 e. The summed E-state index contributed by atoms with van der Waals surface area (Å²) in [5.74, 6) is -7.57. The molecule has 174 valence electrons. The SMILES string of the molecule is O=C(O)CC(F)(F)C(=O)N1N=C(c2ccccc2-c2ccc(Cl)cc2)CC1c1ccc(Cl)cc1. The number of halogens is 4. The number of rotatable bonds is 6. The third-order valence-corrected chi connectivity index (χ3v) is 5.96. The first-order valence-corrected chi connectivity index (χ1v) is 11.0. The van der Waals surface area contributed by atoms with Crippen LogP contribution in [0.3, 0.4) is 0 Å². The van der Waals surface area contributed by atoms with Crippen LogP contribution >= 0.6 is 23.2 Å². The van der Waals surface area contributed by atoms with E-state index in [4.69, 9.17) is 28.3 Å². The summed E-state index contributed by atoms with van der Waals surface area (Å²) < 4.78 is 29.0. The molecule has 3 aromatic rings. The van der Waals surface area contributed by atoms with Crippen molar-refractivity contribution in [3.63, 3.8) is 0 Å². The van der Waals surface area contributed by atoms with Gasteiger partial charge in [0.15, 0.2) is 0 Å². The van der Waals surface area contributed by atoms with Gasteiger partial charge in [0.1, 0.15) is 6.42 Å². The molecule has 0 fully saturated rings. The third-order valence-electron chi connectivity index (χ3n) is 5.45. The maximum absolute atomic E-state index is 14.5. The standard InChI is InChI=1S/C25H18Cl2F2N2O3/c26-17-9-5-15(6-10-17)19-3-1-2-4-20(19)21-13-22(16-7-11-18(27)12-8-16)31(30-21)24(34)25(28,29)14-23(32)33/h1-12,22H,13-14H2,(H,32,33). The lowest BCUT2D eigenvalue weighted by Gasteiger charge is -2.25. The minimum Gasteiger partial charge on any atom is -0.481 e. The number of carbonyl (C=O) groups is 2. The summed E-state index contributed by atoms with van der Waals surface area (Å²) in [7, 11) is 0. The minimum atomic E-state index is -4.12. The summed E-state index contributed by atoms with van der Waals surface area (Å²) in [4.78, 5) is 23.7. The molecule has 0 aliphatic carbocycles. The Hall–Kier alpha value is -3.29. The van der Waals surface area contributed by atoms with Crippen LogP contribution in [0.25, 0.3) is 11.1 Å². The lowest BCUT2D eigenvalue weighted by Crippen LogP contribution is -2.42. The van der Waals surface area contributed by atoms with Crippen molar-refractivity contribution in [1.29, 1.82) is 0 Å². The van der Waals surface area contributed by atoms with Crippen molar-refractivity contribution in [2.24, 2.45) is 5.10 Å². The molecular formula is C25H18Cl2F2N2O3. The quantitative estimate of drug-likeness (QED) is 0.421. The van der Waals surface area contributed by atoms with Crippen molar-refractivity contribution in [3.05, 3.63) is 94.0 Å². The molecule has 1 aliphatic heterocycles. The van der Waals surface area contributed by atoms with Crippen LogP contribution in [0.2, 0.25) is 10.0 Å². The Morgan fingerprint density at radius 3 is 2.09 bits per heavy atom. The van der Waals surface area contributed by atoms with Crippen molar-refractivity contribution in [1.82, 2.24) is 5.01 Å². The molecule has 0 bridgehead atoms. The number of hydrogen-bond acceptors (Lipinski definition) is 3. The molecule has 5 nitrogen and oxygen atoms in total. The van der Waals surface area contributed by atoms with Gasteiger partial charge in [-0.05, 0) is 41.0 Å². The second-order valence-corrected chi connectivity index (χ2v) is 8.67. The average Bonchev–Trinajstić information content (AvgIpc) is 3.24. The largest absolute Gasteiger partial charge is 0.481 e. The predicted octanol–water partition coefficient (Wildman–Crippen LogP) is 6.45. The molecule has 0 radical (unpaired) electrons. The molecule has 1 unspecified atom stereocenters. The van der Waals surface area contributed by atoms with E-state index >= 15 is 0 Å². The van der Waals surface area contributed by atoms with E-state index in [1.165, 1.54) is 0 Å². The highest BCUT2D eigenvalue weighted by molar-refractivity contribution is 6.30. The predicted molar refractivity (Wildman–Crippen MR) is 126 cm³/mol. The lowest BCUT2D eigenvalue weighted by atomic mass is 9.92. The molecule has 3 aromatic carbocycles. The van der Waals surface area contributed by atoms with Gasteiger partial charge in [-0.15, -0.1) is 0 Å². The number of amides is 1. The van der Waals surface area contributed by atoms with Crippen LogP contribution in [0.5, 0.6) is 0 Å². The Balaban J connectivity index is 1.78. The molecule has 1 aliphatic rings. The van der Waals surface area contributed by atoms with Crippen LogP contribution in [0.1, 0.15) is 30.0 Å². The first kappa shape index (κ1) is 23.9. The molecule has 4 rings (SSSR count). The Morgan fingerprint density at radius 2 is 1.50 bits per heavy atom. The third kappa shape index (κ3) is 4.95. The Bertz CT molecular complexity index is 1260. The van der Waals surface area contributed by atoms with Crippen molar-refractivity contribution >= 4 is 40.8 Å². The Kier molecular flexibility index (Phi) is 6.68. The summed E-state index contributed by atoms with van der Waals surface area (Å²) in [6.45, 7) is 0. The Morgan fingerprint density at radius 1 is 0.941 bits per heavy atom. The fourth-order valence-corrected chi connectivity index (χ4v) is 4.11. The molecule has 34 heavy (non-hydrogen) atoms. The monoisotopic (exact) mass is 502 g/mol. The molecule has 0 saturated heterocycles. The van der Waals surface area contributed by atoms with E-state index in [1.54, 1.807) is 48.5 Å². The molecule has 1 heterocycles. The van der Waals surface area contributed by atoms with Crippen LogP contribution in [0.4, 0.5) is 8.78 Å². The number of benzene rings is 3. The van der Waals surface area contributed by atoms with Crippen LogP contribution in [0.15, 0.2) is 77.9 Å². The van der Waals surface area contributed by atoms with Gasteiger partial charge in [0.05, 0.1) is 11.8 Å². The van der Waals surface area contributed by atoms with Crippen molar-refractivity contribution in [3.8, 4) is 11.1 Å². The molecule has 0 spiro atoms. The molecular weight excluding hydrogens is 485 g/mol. The maximum Gasteiger partial charge on any atom is 0.337 e. The van der Waals surface area contributed by atoms with Gasteiger partial charge in [-0.1, -0.05) is 71.7 Å². The van der Waals surface area contributed by atoms with Gasteiger partial charge in [0.25, 0.3) is 0 Å². The maximum atomic E-state index is 14.5. The zero-order valence-electron chi connectivity index (χ0n) is 17.6. The van der Waals surface area contributed by atoms with Gasteiger partial charge in [-0.25, -0.2) is 5.01 Å². The van der Waals surface area contributed by atoms with E-state index in [2.05, 4.69) is 5.10 Å². The van der Waals surface area contributed by atoms with E-state index in [0.717, 1.165) is 11.1 Å². The average molecular weight is 503 g/mol. The van der Waals surface area contributed by atoms with E-state index in [0.29, 0.717) is 31.9 Å². The molecule has 0 saturated carbocycles. The number of hydrogen-bond donors (Lipinski definition) is 1. The number of carbonyl (C=O) groups excluding carboxylic acids is 1. The highest BCUT2D eigenvalue weighted by Gasteiger charge is 2.48. The minimum absolute atomic E-state index is 0.154. The summed E-state index contributed by atoms with van der Waals surface area (Å²) >= 11 is 12.0. The second kappa shape index (κ2) is 9.52. The second-order valence-electron chi connectivity index (χ2n) is 7.80. The molecule has 0 aromatic heterocycles. The number of carboxylic acids is 1. The van der Waals surface area contributed by atoms with Gasteiger partial charge in [0.2, 0.25) is 0 Å². The number of hydrazone groups is 1. The number of aliphatic carboxylic acids is 1. The van der Waals surface area contributed by atoms with Gasteiger partial charge in [-0.3, -0.25) is 9.59 Å². The highest BCUT2D eigenvalue weighted by atomic mass is 35.5. The normalized spacial score (nSPS) is 15.8. The van der Waals surface area contributed by atoms with Gasteiger partial charge in [-0.2, -0.15) is 13.9 Å². The van der Waals surface area contributed by atoms with Crippen LogP contribution in [-0.4, -0.2) is 33.6 Å². The first-order valence-electron chi connectivity index (χ1n) is 10.3. The molecule has 1 N–H and O–H groups in total. The van der Waals surface area contributed by atoms with Crippen LogP contribution in [-0.2, 0) is 9.59 Å². The summed E-state index contributed by atoms with van der Waals surface area (Å²) in [5.41, 5.74) is 3.27. The van der Waals surface area contributed by atoms with E-state index in [1.807, 2.05) is 24.3 Å². The van der Waals surface area contributed by atoms with E-state index in [-0.39, 0.29) is 6.42 Å². The summed E-state index contributed by atoms with van der Waals surface area (Å²) in [6.07, 6.45) is -1.47. The fraction of sp³-hybridized carbons (Fsp3) is 0.160. The van der Waals surface area contributed by atoms with Gasteiger partial charge < -0.3 is 5.11 Å². The van der Waals surface area contributed by atoms with E-state index in [9.17, 15) is 18.4 Å². The summed E-state index contributed by atoms with van der Waals surface area (Å²) in [5, 5.41) is 14.9. The van der Waals surface area contributed by atoms with Crippen LogP contribution in [0, 0.1) is 0 Å². The first-order chi connectivity index (χ1) is 16.2. The van der Waals surface area contributed by atoms with Crippen molar-refractivity contribution in [2.75, 3.05) is 0 Å². The molecule has 1 amide bonds.